The molecule has 20 heavy (non-hydrogen) atoms. The number of halogens is 2. The monoisotopic (exact) mass is 392 g/mol. The second-order valence-electron chi connectivity index (χ2n) is 4.96. The third-order valence-electron chi connectivity index (χ3n) is 3.59. The van der Waals surface area contributed by atoms with Crippen molar-refractivity contribution in [3.05, 3.63) is 57.8 Å². The second-order valence-corrected chi connectivity index (χ2v) is 6.37. The van der Waals surface area contributed by atoms with Gasteiger partial charge < -0.3 is 0 Å². The summed E-state index contributed by atoms with van der Waals surface area (Å²) in [6, 6.07) is 10.7. The van der Waals surface area contributed by atoms with Crippen LogP contribution in [0.4, 0.5) is 0 Å². The number of benzene rings is 2. The van der Waals surface area contributed by atoms with E-state index in [-0.39, 0.29) is 0 Å². The Balaban J connectivity index is 2.22. The Morgan fingerprint density at radius 2 is 1.85 bits per heavy atom. The van der Waals surface area contributed by atoms with Gasteiger partial charge in [-0.1, -0.05) is 22.0 Å². The molecule has 0 N–H and O–H groups in total. The fraction of sp³-hybridized carbons (Fsp3) is 0.188. The maximum Gasteiger partial charge on any atom is 0.100 e. The first kappa shape index (κ1) is 13.8. The maximum atomic E-state index is 4.51. The van der Waals surface area contributed by atoms with E-state index in [0.29, 0.717) is 0 Å². The lowest BCUT2D eigenvalue weighted by Gasteiger charge is -2.09. The highest BCUT2D eigenvalue weighted by molar-refractivity contribution is 9.10. The average Bonchev–Trinajstić information content (AvgIpc) is 2.82. The smallest absolute Gasteiger partial charge is 0.100 e. The fourth-order valence-electron chi connectivity index (χ4n) is 2.29. The van der Waals surface area contributed by atoms with Crippen molar-refractivity contribution in [2.24, 2.45) is 0 Å². The van der Waals surface area contributed by atoms with Crippen LogP contribution in [0.1, 0.15) is 16.7 Å². The lowest BCUT2D eigenvalue weighted by atomic mass is 10.1. The van der Waals surface area contributed by atoms with E-state index >= 15 is 0 Å². The van der Waals surface area contributed by atoms with Crippen LogP contribution in [0.3, 0.4) is 0 Å². The summed E-state index contributed by atoms with van der Waals surface area (Å²) in [6.45, 7) is 4.25. The maximum absolute atomic E-state index is 4.51. The summed E-state index contributed by atoms with van der Waals surface area (Å²) in [4.78, 5) is 4.51. The van der Waals surface area contributed by atoms with Gasteiger partial charge in [0.15, 0.2) is 0 Å². The molecule has 0 spiro atoms. The normalized spacial score (nSPS) is 11.2. The summed E-state index contributed by atoms with van der Waals surface area (Å²) in [5, 5.41) is 0.856. The molecule has 0 aliphatic carbocycles. The van der Waals surface area contributed by atoms with Gasteiger partial charge in [-0.15, -0.1) is 0 Å². The first-order valence-electron chi connectivity index (χ1n) is 6.39. The predicted octanol–water partition coefficient (Wildman–Crippen LogP) is 5.30. The van der Waals surface area contributed by atoms with Crippen LogP contribution in [0.25, 0.3) is 16.7 Å². The topological polar surface area (TPSA) is 17.8 Å². The highest BCUT2D eigenvalue weighted by atomic mass is 79.9. The minimum absolute atomic E-state index is 0.856. The van der Waals surface area contributed by atoms with Crippen molar-refractivity contribution < 1.29 is 0 Å². The predicted molar refractivity (Wildman–Crippen MR) is 90.9 cm³/mol. The average molecular weight is 394 g/mol. The van der Waals surface area contributed by atoms with Crippen molar-refractivity contribution >= 4 is 42.9 Å². The van der Waals surface area contributed by atoms with Crippen molar-refractivity contribution in [1.29, 1.82) is 0 Å². The van der Waals surface area contributed by atoms with Gasteiger partial charge in [0.2, 0.25) is 0 Å². The summed E-state index contributed by atoms with van der Waals surface area (Å²) in [5.41, 5.74) is 7.09. The van der Waals surface area contributed by atoms with Crippen LogP contribution in [-0.2, 0) is 5.33 Å². The van der Waals surface area contributed by atoms with Gasteiger partial charge in [-0.3, -0.25) is 4.57 Å². The number of hydrogen-bond donors (Lipinski definition) is 0. The van der Waals surface area contributed by atoms with E-state index in [4.69, 9.17) is 0 Å². The summed E-state index contributed by atoms with van der Waals surface area (Å²) in [5.74, 6) is 0. The number of nitrogens with zero attached hydrogens (tertiary/aromatic N) is 2. The molecule has 0 fully saturated rings. The summed E-state index contributed by atoms with van der Waals surface area (Å²) in [7, 11) is 0. The summed E-state index contributed by atoms with van der Waals surface area (Å²) >= 11 is 7.14. The molecule has 0 bridgehead atoms. The highest BCUT2D eigenvalue weighted by Gasteiger charge is 2.09. The Labute approximate surface area is 135 Å². The van der Waals surface area contributed by atoms with E-state index < -0.39 is 0 Å². The minimum Gasteiger partial charge on any atom is -0.298 e. The molecule has 4 heteroatoms. The van der Waals surface area contributed by atoms with Crippen LogP contribution >= 0.6 is 31.9 Å². The molecule has 1 aromatic heterocycles. The molecular formula is C16H14Br2N2. The molecule has 0 saturated heterocycles. The van der Waals surface area contributed by atoms with Crippen molar-refractivity contribution in [2.75, 3.05) is 0 Å². The Bertz CT molecular complexity index is 791. The summed E-state index contributed by atoms with van der Waals surface area (Å²) < 4.78 is 3.20. The largest absolute Gasteiger partial charge is 0.298 e. The van der Waals surface area contributed by atoms with Gasteiger partial charge in [-0.2, -0.15) is 0 Å². The van der Waals surface area contributed by atoms with Crippen LogP contribution in [0.2, 0.25) is 0 Å². The zero-order valence-corrected chi connectivity index (χ0v) is 14.5. The third-order valence-corrected chi connectivity index (χ3v) is 4.87. The standard InChI is InChI=1S/C16H14Br2N2/c1-10-5-14-16(6-11(10)2)20(9-19-14)15-4-3-12(8-17)7-13(15)18/h3-7,9H,8H2,1-2H3. The van der Waals surface area contributed by atoms with Gasteiger partial charge in [0.1, 0.15) is 6.33 Å². The molecule has 102 valence electrons. The van der Waals surface area contributed by atoms with Crippen LogP contribution in [0.15, 0.2) is 41.1 Å². The van der Waals surface area contributed by atoms with Crippen molar-refractivity contribution in [3.8, 4) is 5.69 Å². The van der Waals surface area contributed by atoms with E-state index in [1.54, 1.807) is 0 Å². The van der Waals surface area contributed by atoms with Crippen LogP contribution in [0, 0.1) is 13.8 Å². The molecule has 0 amide bonds. The molecular weight excluding hydrogens is 380 g/mol. The molecule has 0 aliphatic heterocycles. The first-order valence-corrected chi connectivity index (χ1v) is 8.30. The Kier molecular flexibility index (Phi) is 3.69. The molecule has 0 radical (unpaired) electrons. The summed E-state index contributed by atoms with van der Waals surface area (Å²) in [6.07, 6.45) is 1.89. The van der Waals surface area contributed by atoms with Crippen molar-refractivity contribution in [1.82, 2.24) is 9.55 Å². The molecule has 0 unspecified atom stereocenters. The highest BCUT2D eigenvalue weighted by Crippen LogP contribution is 2.28. The van der Waals surface area contributed by atoms with E-state index in [2.05, 4.69) is 85.6 Å². The van der Waals surface area contributed by atoms with Gasteiger partial charge in [0.25, 0.3) is 0 Å². The molecule has 1 heterocycles. The number of fused-ring (bicyclic) bond motifs is 1. The second kappa shape index (κ2) is 5.34. The SMILES string of the molecule is Cc1cc2ncn(-c3ccc(CBr)cc3Br)c2cc1C. The van der Waals surface area contributed by atoms with Gasteiger partial charge >= 0.3 is 0 Å². The Morgan fingerprint density at radius 1 is 1.10 bits per heavy atom. The Morgan fingerprint density at radius 3 is 2.55 bits per heavy atom. The zero-order chi connectivity index (χ0) is 14.3. The Hall–Kier alpha value is -1.13. The van der Waals surface area contributed by atoms with Gasteiger partial charge in [0.05, 0.1) is 16.7 Å². The number of alkyl halides is 1. The van der Waals surface area contributed by atoms with Gasteiger partial charge in [-0.05, 0) is 70.7 Å². The molecule has 2 nitrogen and oxygen atoms in total. The molecule has 3 rings (SSSR count). The number of aryl methyl sites for hydroxylation is 2. The van der Waals surface area contributed by atoms with Crippen molar-refractivity contribution in [2.45, 2.75) is 19.2 Å². The quantitative estimate of drug-likeness (QED) is 0.540. The molecule has 0 atom stereocenters. The number of aromatic nitrogens is 2. The fourth-order valence-corrected chi connectivity index (χ4v) is 3.25. The van der Waals surface area contributed by atoms with E-state index in [0.717, 1.165) is 26.5 Å². The van der Waals surface area contributed by atoms with E-state index in [1.165, 1.54) is 16.7 Å². The van der Waals surface area contributed by atoms with E-state index in [1.807, 2.05) is 6.33 Å². The van der Waals surface area contributed by atoms with E-state index in [9.17, 15) is 0 Å². The molecule has 3 aromatic rings. The van der Waals surface area contributed by atoms with Crippen LogP contribution < -0.4 is 0 Å². The zero-order valence-electron chi connectivity index (χ0n) is 11.3. The lowest BCUT2D eigenvalue weighted by Crippen LogP contribution is -1.95. The molecule has 2 aromatic carbocycles. The lowest BCUT2D eigenvalue weighted by molar-refractivity contribution is 1.08. The van der Waals surface area contributed by atoms with Crippen LogP contribution in [-0.4, -0.2) is 9.55 Å². The third kappa shape index (κ3) is 2.31. The van der Waals surface area contributed by atoms with Gasteiger partial charge in [-0.25, -0.2) is 4.98 Å². The number of imidazole rings is 1. The molecule has 0 aliphatic rings. The van der Waals surface area contributed by atoms with Gasteiger partial charge in [0, 0.05) is 9.80 Å². The minimum atomic E-state index is 0.856. The number of hydrogen-bond acceptors (Lipinski definition) is 1. The number of rotatable bonds is 2. The molecule has 0 saturated carbocycles. The van der Waals surface area contributed by atoms with Crippen molar-refractivity contribution in [3.63, 3.8) is 0 Å². The van der Waals surface area contributed by atoms with Crippen LogP contribution in [0.5, 0.6) is 0 Å². The first-order chi connectivity index (χ1) is 9.60.